The number of methoxy groups -OCH3 is 1. The third-order valence-corrected chi connectivity index (χ3v) is 4.92. The monoisotopic (exact) mass is 294 g/mol. The largest absolute Gasteiger partial charge is 0.481 e. The van der Waals surface area contributed by atoms with E-state index < -0.39 is 0 Å². The first kappa shape index (κ1) is 16.3. The summed E-state index contributed by atoms with van der Waals surface area (Å²) in [6.07, 6.45) is 2.52. The zero-order valence-corrected chi connectivity index (χ0v) is 14.1. The Bertz CT molecular complexity index is 461. The zero-order chi connectivity index (χ0) is 15.6. The number of piperidine rings is 1. The highest BCUT2D eigenvalue weighted by Crippen LogP contribution is 2.35. The summed E-state index contributed by atoms with van der Waals surface area (Å²) in [6.45, 7) is 9.53. The highest BCUT2D eigenvalue weighted by atomic mass is 16.5. The van der Waals surface area contributed by atoms with Crippen molar-refractivity contribution in [1.82, 2.24) is 14.7 Å². The fraction of sp³-hybridized carbons (Fsp3) is 0.812. The highest BCUT2D eigenvalue weighted by Gasteiger charge is 2.31. The number of aryl methyl sites for hydroxylation is 2. The lowest BCUT2D eigenvalue weighted by Crippen LogP contribution is -2.41. The molecule has 0 aliphatic carbocycles. The van der Waals surface area contributed by atoms with Gasteiger partial charge in [0.05, 0.1) is 24.4 Å². The standard InChI is InChI=1S/C16H30N4O/c1-11(2)13-6-8-20(9-7-13)14(10-17)15-12(3)18-19(4)16(15)21-5/h11,13-14H,6-10,17H2,1-5H3. The average Bonchev–Trinajstić information content (AvgIpc) is 2.74. The Balaban J connectivity index is 2.18. The smallest absolute Gasteiger partial charge is 0.216 e. The van der Waals surface area contributed by atoms with Crippen LogP contribution >= 0.6 is 0 Å². The molecule has 0 bridgehead atoms. The number of nitrogens with zero attached hydrogens (tertiary/aromatic N) is 3. The lowest BCUT2D eigenvalue weighted by atomic mass is 9.86. The topological polar surface area (TPSA) is 56.3 Å². The molecule has 120 valence electrons. The van der Waals surface area contributed by atoms with E-state index in [0.29, 0.717) is 6.54 Å². The van der Waals surface area contributed by atoms with Crippen molar-refractivity contribution in [2.24, 2.45) is 24.6 Å². The molecule has 5 nitrogen and oxygen atoms in total. The van der Waals surface area contributed by atoms with E-state index in [2.05, 4.69) is 23.8 Å². The Morgan fingerprint density at radius 1 is 1.33 bits per heavy atom. The molecule has 0 spiro atoms. The summed E-state index contributed by atoms with van der Waals surface area (Å²) >= 11 is 0. The van der Waals surface area contributed by atoms with Gasteiger partial charge < -0.3 is 10.5 Å². The van der Waals surface area contributed by atoms with Crippen LogP contribution in [-0.2, 0) is 7.05 Å². The summed E-state index contributed by atoms with van der Waals surface area (Å²) in [6, 6.07) is 0.210. The Morgan fingerprint density at radius 3 is 2.43 bits per heavy atom. The van der Waals surface area contributed by atoms with Gasteiger partial charge in [-0.1, -0.05) is 13.8 Å². The molecule has 1 aliphatic rings. The van der Waals surface area contributed by atoms with Crippen molar-refractivity contribution in [2.75, 3.05) is 26.7 Å². The van der Waals surface area contributed by atoms with Gasteiger partial charge in [-0.25, -0.2) is 4.68 Å². The van der Waals surface area contributed by atoms with Crippen molar-refractivity contribution in [3.8, 4) is 5.88 Å². The third-order valence-electron chi connectivity index (χ3n) is 4.92. The molecule has 1 aromatic rings. The molecule has 1 aromatic heterocycles. The number of ether oxygens (including phenoxy) is 1. The van der Waals surface area contributed by atoms with Crippen molar-refractivity contribution in [2.45, 2.75) is 39.7 Å². The highest BCUT2D eigenvalue weighted by molar-refractivity contribution is 5.34. The zero-order valence-electron chi connectivity index (χ0n) is 14.1. The summed E-state index contributed by atoms with van der Waals surface area (Å²) in [7, 11) is 3.63. The number of hydrogen-bond donors (Lipinski definition) is 1. The van der Waals surface area contributed by atoms with Crippen LogP contribution in [0.2, 0.25) is 0 Å². The molecule has 2 N–H and O–H groups in total. The number of nitrogens with two attached hydrogens (primary N) is 1. The number of rotatable bonds is 5. The second kappa shape index (κ2) is 6.79. The van der Waals surface area contributed by atoms with Crippen LogP contribution in [0.3, 0.4) is 0 Å². The minimum atomic E-state index is 0.210. The van der Waals surface area contributed by atoms with Gasteiger partial charge in [0.15, 0.2) is 0 Å². The molecular formula is C16H30N4O. The average molecular weight is 294 g/mol. The summed E-state index contributed by atoms with van der Waals surface area (Å²) in [5.74, 6) is 2.46. The van der Waals surface area contributed by atoms with Crippen LogP contribution in [0.4, 0.5) is 0 Å². The molecule has 5 heteroatoms. The van der Waals surface area contributed by atoms with Gasteiger partial charge >= 0.3 is 0 Å². The quantitative estimate of drug-likeness (QED) is 0.903. The lowest BCUT2D eigenvalue weighted by Gasteiger charge is -2.38. The predicted molar refractivity (Wildman–Crippen MR) is 85.4 cm³/mol. The summed E-state index contributed by atoms with van der Waals surface area (Å²) in [4.78, 5) is 2.51. The van der Waals surface area contributed by atoms with Crippen molar-refractivity contribution < 1.29 is 4.74 Å². The number of hydrogen-bond acceptors (Lipinski definition) is 4. The molecule has 1 fully saturated rings. The number of likely N-dealkylation sites (tertiary alicyclic amines) is 1. The normalized spacial score (nSPS) is 19.2. The maximum Gasteiger partial charge on any atom is 0.216 e. The molecular weight excluding hydrogens is 264 g/mol. The van der Waals surface area contributed by atoms with Crippen molar-refractivity contribution in [1.29, 1.82) is 0 Å². The Labute approximate surface area is 128 Å². The SMILES string of the molecule is COc1c(C(CN)N2CCC(C(C)C)CC2)c(C)nn1C. The molecule has 1 aliphatic heterocycles. The van der Waals surface area contributed by atoms with Crippen LogP contribution in [0, 0.1) is 18.8 Å². The summed E-state index contributed by atoms with van der Waals surface area (Å²) in [5.41, 5.74) is 8.28. The van der Waals surface area contributed by atoms with Crippen LogP contribution in [0.25, 0.3) is 0 Å². The summed E-state index contributed by atoms with van der Waals surface area (Å²) in [5, 5.41) is 4.50. The molecule has 1 atom stereocenters. The maximum absolute atomic E-state index is 6.10. The van der Waals surface area contributed by atoms with Gasteiger partial charge in [0.2, 0.25) is 5.88 Å². The second-order valence-electron chi connectivity index (χ2n) is 6.50. The minimum Gasteiger partial charge on any atom is -0.481 e. The van der Waals surface area contributed by atoms with Gasteiger partial charge in [0.25, 0.3) is 0 Å². The molecule has 21 heavy (non-hydrogen) atoms. The Kier molecular flexibility index (Phi) is 5.27. The van der Waals surface area contributed by atoms with Crippen LogP contribution in [0.15, 0.2) is 0 Å². The third kappa shape index (κ3) is 3.24. The van der Waals surface area contributed by atoms with Crippen molar-refractivity contribution in [3.63, 3.8) is 0 Å². The Hall–Kier alpha value is -1.07. The van der Waals surface area contributed by atoms with Gasteiger partial charge in [-0.2, -0.15) is 5.10 Å². The van der Waals surface area contributed by atoms with E-state index in [-0.39, 0.29) is 6.04 Å². The van der Waals surface area contributed by atoms with Crippen LogP contribution < -0.4 is 10.5 Å². The molecule has 1 unspecified atom stereocenters. The molecule has 2 rings (SSSR count). The first-order valence-electron chi connectivity index (χ1n) is 8.01. The molecule has 0 amide bonds. The second-order valence-corrected chi connectivity index (χ2v) is 6.50. The summed E-state index contributed by atoms with van der Waals surface area (Å²) < 4.78 is 7.36. The molecule has 1 saturated heterocycles. The van der Waals surface area contributed by atoms with E-state index in [4.69, 9.17) is 10.5 Å². The van der Waals surface area contributed by atoms with Crippen LogP contribution in [0.1, 0.15) is 44.0 Å². The van der Waals surface area contributed by atoms with E-state index >= 15 is 0 Å². The van der Waals surface area contributed by atoms with E-state index in [9.17, 15) is 0 Å². The van der Waals surface area contributed by atoms with Crippen molar-refractivity contribution in [3.05, 3.63) is 11.3 Å². The van der Waals surface area contributed by atoms with E-state index in [0.717, 1.165) is 42.1 Å². The van der Waals surface area contributed by atoms with E-state index in [1.54, 1.807) is 7.11 Å². The Morgan fingerprint density at radius 2 is 1.95 bits per heavy atom. The van der Waals surface area contributed by atoms with E-state index in [1.165, 1.54) is 12.8 Å². The van der Waals surface area contributed by atoms with Crippen molar-refractivity contribution >= 4 is 0 Å². The maximum atomic E-state index is 6.10. The van der Waals surface area contributed by atoms with Gasteiger partial charge in [-0.15, -0.1) is 0 Å². The van der Waals surface area contributed by atoms with Gasteiger partial charge in [-0.05, 0) is 44.7 Å². The van der Waals surface area contributed by atoms with E-state index in [1.807, 2.05) is 18.7 Å². The van der Waals surface area contributed by atoms with Crippen LogP contribution in [-0.4, -0.2) is 41.4 Å². The fourth-order valence-corrected chi connectivity index (χ4v) is 3.63. The molecule has 0 radical (unpaired) electrons. The molecule has 0 aromatic carbocycles. The van der Waals surface area contributed by atoms with Gasteiger partial charge in [-0.3, -0.25) is 4.90 Å². The number of aromatic nitrogens is 2. The molecule has 0 saturated carbocycles. The fourth-order valence-electron chi connectivity index (χ4n) is 3.63. The minimum absolute atomic E-state index is 0.210. The van der Waals surface area contributed by atoms with Gasteiger partial charge in [0, 0.05) is 13.6 Å². The first-order valence-corrected chi connectivity index (χ1v) is 8.01. The first-order chi connectivity index (χ1) is 9.99. The van der Waals surface area contributed by atoms with Crippen LogP contribution in [0.5, 0.6) is 5.88 Å². The lowest BCUT2D eigenvalue weighted by molar-refractivity contribution is 0.115. The predicted octanol–water partition coefficient (Wildman–Crippen LogP) is 2.10. The molecule has 2 heterocycles. The van der Waals surface area contributed by atoms with Gasteiger partial charge in [0.1, 0.15) is 0 Å².